The van der Waals surface area contributed by atoms with Crippen LogP contribution in [0.4, 0.5) is 0 Å². The third-order valence-electron chi connectivity index (χ3n) is 8.98. The fourth-order valence-electron chi connectivity index (χ4n) is 6.25. The Balaban J connectivity index is 1.18. The van der Waals surface area contributed by atoms with E-state index in [1.807, 2.05) is 12.1 Å². The number of carbonyl (C=O) groups excluding carboxylic acids is 4. The van der Waals surface area contributed by atoms with Crippen molar-refractivity contribution in [3.63, 3.8) is 0 Å². The van der Waals surface area contributed by atoms with Gasteiger partial charge in [0.1, 0.15) is 18.3 Å². The van der Waals surface area contributed by atoms with E-state index in [4.69, 9.17) is 19.3 Å². The molecular weight excluding hydrogens is 602 g/mol. The maximum Gasteiger partial charge on any atom is 0.338 e. The van der Waals surface area contributed by atoms with Gasteiger partial charge in [0.2, 0.25) is 11.8 Å². The largest absolute Gasteiger partial charge is 0.456 e. The highest BCUT2D eigenvalue weighted by atomic mass is 16.8. The van der Waals surface area contributed by atoms with Crippen LogP contribution in [0.15, 0.2) is 66.3 Å². The van der Waals surface area contributed by atoms with Crippen molar-refractivity contribution in [2.75, 3.05) is 27.2 Å². The summed E-state index contributed by atoms with van der Waals surface area (Å²) in [6.07, 6.45) is 7.26. The Hall–Kier alpha value is -4.32. The molecule has 1 saturated heterocycles. The highest BCUT2D eigenvalue weighted by molar-refractivity contribution is 5.96. The van der Waals surface area contributed by atoms with Crippen molar-refractivity contribution in [2.45, 2.75) is 62.7 Å². The van der Waals surface area contributed by atoms with E-state index in [1.165, 1.54) is 11.0 Å². The number of hydrogen-bond donors (Lipinski definition) is 3. The average molecular weight is 644 g/mol. The molecule has 6 rings (SSSR count). The molecule has 1 aliphatic heterocycles. The van der Waals surface area contributed by atoms with Crippen molar-refractivity contribution < 1.29 is 38.5 Å². The Kier molecular flexibility index (Phi) is 9.58. The summed E-state index contributed by atoms with van der Waals surface area (Å²) < 4.78 is 19.4. The molecule has 2 saturated carbocycles. The van der Waals surface area contributed by atoms with E-state index in [9.17, 15) is 19.2 Å². The van der Waals surface area contributed by atoms with Crippen LogP contribution < -0.4 is 10.6 Å². The van der Waals surface area contributed by atoms with Crippen LogP contribution in [0.5, 0.6) is 0 Å². The number of benzene rings is 2. The summed E-state index contributed by atoms with van der Waals surface area (Å²) in [7, 11) is 3.33. The van der Waals surface area contributed by atoms with Crippen LogP contribution in [-0.2, 0) is 30.3 Å². The number of hydrogen-bond acceptors (Lipinski definition) is 8. The van der Waals surface area contributed by atoms with Gasteiger partial charge in [0, 0.05) is 62.7 Å². The first-order valence-corrected chi connectivity index (χ1v) is 16.2. The Morgan fingerprint density at radius 2 is 1.68 bits per heavy atom. The monoisotopic (exact) mass is 643 g/mol. The predicted molar refractivity (Wildman–Crippen MR) is 172 cm³/mol. The molecule has 3 N–H and O–H groups in total. The Morgan fingerprint density at radius 3 is 2.38 bits per heavy atom. The van der Waals surface area contributed by atoms with Gasteiger partial charge in [-0.3, -0.25) is 14.4 Å². The van der Waals surface area contributed by atoms with Gasteiger partial charge in [0.05, 0.1) is 12.2 Å². The summed E-state index contributed by atoms with van der Waals surface area (Å²) in [6.45, 7) is 0.170. The van der Waals surface area contributed by atoms with Crippen molar-refractivity contribution in [2.24, 2.45) is 11.8 Å². The number of ether oxygens (including phenoxy) is 3. The van der Waals surface area contributed by atoms with E-state index in [0.29, 0.717) is 22.3 Å². The molecule has 1 heterocycles. The minimum absolute atomic E-state index is 0.147. The summed E-state index contributed by atoms with van der Waals surface area (Å²) in [5.74, 6) is -1.50. The molecule has 3 amide bonds. The molecule has 11 heteroatoms. The van der Waals surface area contributed by atoms with Gasteiger partial charge in [-0.1, -0.05) is 24.3 Å². The van der Waals surface area contributed by atoms with Crippen molar-refractivity contribution in [3.05, 3.63) is 88.5 Å². The van der Waals surface area contributed by atoms with Crippen LogP contribution in [0, 0.1) is 11.8 Å². The van der Waals surface area contributed by atoms with Crippen LogP contribution in [0.2, 0.25) is 0 Å². The number of aliphatic hydroxyl groups excluding tert-OH is 1. The van der Waals surface area contributed by atoms with Crippen molar-refractivity contribution >= 4 is 29.8 Å². The second-order valence-electron chi connectivity index (χ2n) is 12.8. The smallest absolute Gasteiger partial charge is 0.338 e. The van der Waals surface area contributed by atoms with Gasteiger partial charge in [0.15, 0.2) is 5.79 Å². The fraction of sp³-hybridized carbons (Fsp3) is 0.444. The molecule has 4 aliphatic rings. The molecule has 3 atom stereocenters. The van der Waals surface area contributed by atoms with E-state index < -0.39 is 30.1 Å². The number of amides is 3. The molecule has 2 aromatic carbocycles. The van der Waals surface area contributed by atoms with Crippen LogP contribution in [0.3, 0.4) is 0 Å². The van der Waals surface area contributed by atoms with E-state index in [1.54, 1.807) is 62.6 Å². The topological polar surface area (TPSA) is 144 Å². The standard InChI is InChI=1S/C36H41N3O8/c1-39(2)31(41)14-9-22-5-3-8-25(17-22)35(44)45-29-19-26(20-30-32(29)47-36(46-30,27-10-11-27)28-12-13-28)34(43)38-21-23-6-4-7-24(18-23)33(42)37-15-16-40/h3-9,14,17-18,20,27-30,32,40H,10-13,15-16,19,21H2,1-2H3,(H,37,42)(H,38,43). The van der Waals surface area contributed by atoms with Gasteiger partial charge in [-0.25, -0.2) is 4.79 Å². The summed E-state index contributed by atoms with van der Waals surface area (Å²) in [4.78, 5) is 52.8. The predicted octanol–water partition coefficient (Wildman–Crippen LogP) is 2.98. The van der Waals surface area contributed by atoms with Crippen LogP contribution in [0.25, 0.3) is 6.08 Å². The quantitative estimate of drug-likeness (QED) is 0.237. The number of likely N-dealkylation sites (N-methyl/N-ethyl adjacent to an activating group) is 1. The molecule has 2 aromatic rings. The molecule has 0 aromatic heterocycles. The molecule has 3 aliphatic carbocycles. The second-order valence-corrected chi connectivity index (χ2v) is 12.8. The van der Waals surface area contributed by atoms with Crippen LogP contribution in [0.1, 0.15) is 63.9 Å². The van der Waals surface area contributed by atoms with Crippen molar-refractivity contribution in [1.82, 2.24) is 15.5 Å². The number of fused-ring (bicyclic) bond motifs is 1. The van der Waals surface area contributed by atoms with E-state index >= 15 is 0 Å². The number of esters is 1. The number of aliphatic hydroxyl groups is 1. The molecule has 3 unspecified atom stereocenters. The maximum atomic E-state index is 13.5. The normalized spacial score (nSPS) is 23.0. The lowest BCUT2D eigenvalue weighted by atomic mass is 9.91. The molecule has 0 bridgehead atoms. The second kappa shape index (κ2) is 13.8. The number of nitrogens with zero attached hydrogens (tertiary/aromatic N) is 1. The van der Waals surface area contributed by atoms with Gasteiger partial charge in [-0.05, 0) is 73.2 Å². The van der Waals surface area contributed by atoms with Gasteiger partial charge < -0.3 is 34.9 Å². The lowest BCUT2D eigenvalue weighted by Crippen LogP contribution is -2.44. The highest BCUT2D eigenvalue weighted by Crippen LogP contribution is 2.59. The fourth-order valence-corrected chi connectivity index (χ4v) is 6.25. The molecule has 248 valence electrons. The highest BCUT2D eigenvalue weighted by Gasteiger charge is 2.64. The molecule has 0 spiro atoms. The zero-order valence-electron chi connectivity index (χ0n) is 26.6. The van der Waals surface area contributed by atoms with E-state index in [-0.39, 0.29) is 55.7 Å². The first kappa shape index (κ1) is 32.6. The average Bonchev–Trinajstić information content (AvgIpc) is 4.02. The summed E-state index contributed by atoms with van der Waals surface area (Å²) in [5.41, 5.74) is 2.59. The SMILES string of the molecule is CN(C)C(=O)C=Cc1cccc(C(=O)OC2CC(C(=O)NCc3cccc(C(=O)NCCO)c3)=CC3OC(C4CC4)(C4CC4)OC32)c1. The zero-order chi connectivity index (χ0) is 33.1. The van der Waals surface area contributed by atoms with Gasteiger partial charge >= 0.3 is 5.97 Å². The van der Waals surface area contributed by atoms with Gasteiger partial charge in [-0.15, -0.1) is 0 Å². The first-order valence-electron chi connectivity index (χ1n) is 16.2. The minimum Gasteiger partial charge on any atom is -0.456 e. The van der Waals surface area contributed by atoms with Gasteiger partial charge in [-0.2, -0.15) is 0 Å². The summed E-state index contributed by atoms with van der Waals surface area (Å²) in [6, 6.07) is 13.7. The Labute approximate surface area is 273 Å². The van der Waals surface area contributed by atoms with E-state index in [2.05, 4.69) is 10.6 Å². The molecular formula is C36H41N3O8. The maximum absolute atomic E-state index is 13.5. The summed E-state index contributed by atoms with van der Waals surface area (Å²) >= 11 is 0. The van der Waals surface area contributed by atoms with Crippen molar-refractivity contribution in [1.29, 1.82) is 0 Å². The Morgan fingerprint density at radius 1 is 0.957 bits per heavy atom. The molecule has 11 nitrogen and oxygen atoms in total. The van der Waals surface area contributed by atoms with Crippen LogP contribution >= 0.6 is 0 Å². The summed E-state index contributed by atoms with van der Waals surface area (Å²) in [5, 5.41) is 14.6. The number of rotatable bonds is 12. The van der Waals surface area contributed by atoms with Gasteiger partial charge in [0.25, 0.3) is 5.91 Å². The lowest BCUT2D eigenvalue weighted by Gasteiger charge is -2.31. The molecule has 0 radical (unpaired) electrons. The Bertz CT molecular complexity index is 1580. The minimum atomic E-state index is -0.759. The van der Waals surface area contributed by atoms with Crippen molar-refractivity contribution in [3.8, 4) is 0 Å². The lowest BCUT2D eigenvalue weighted by molar-refractivity contribution is -0.209. The molecule has 3 fully saturated rings. The third-order valence-corrected chi connectivity index (χ3v) is 8.98. The van der Waals surface area contributed by atoms with E-state index in [0.717, 1.165) is 31.2 Å². The third kappa shape index (κ3) is 7.48. The zero-order valence-corrected chi connectivity index (χ0v) is 26.6. The number of nitrogens with one attached hydrogen (secondary N) is 2. The first-order chi connectivity index (χ1) is 22.7. The molecule has 47 heavy (non-hydrogen) atoms. The van der Waals surface area contributed by atoms with Crippen LogP contribution in [-0.4, -0.2) is 85.0 Å². The number of carbonyl (C=O) groups is 4.